The molecule has 1 rings (SSSR count). The van der Waals surface area contributed by atoms with Crippen molar-refractivity contribution in [2.24, 2.45) is 0 Å². The van der Waals surface area contributed by atoms with Crippen LogP contribution in [-0.4, -0.2) is 17.8 Å². The monoisotopic (exact) mass is 115 g/mol. The summed E-state index contributed by atoms with van der Waals surface area (Å²) in [5.41, 5.74) is 0.467. The Hall–Kier alpha value is -1.37. The van der Waals surface area contributed by atoms with E-state index in [4.69, 9.17) is 13.1 Å². The highest BCUT2D eigenvalue weighted by molar-refractivity contribution is 6.31. The lowest BCUT2D eigenvalue weighted by atomic mass is 10.0. The van der Waals surface area contributed by atoms with Crippen LogP contribution >= 0.6 is 0 Å². The molecule has 0 amide bonds. The fourth-order valence-corrected chi connectivity index (χ4v) is 0.396. The molecule has 0 saturated carbocycles. The van der Waals surface area contributed by atoms with Gasteiger partial charge >= 0.3 is 0 Å². The highest BCUT2D eigenvalue weighted by atomic mass is 14.8. The van der Waals surface area contributed by atoms with Crippen molar-refractivity contribution in [2.75, 3.05) is 0 Å². The van der Waals surface area contributed by atoms with Gasteiger partial charge in [0.2, 0.25) is 5.82 Å². The highest BCUT2D eigenvalue weighted by Gasteiger charge is 1.88. The van der Waals surface area contributed by atoms with Crippen LogP contribution in [0.3, 0.4) is 0 Å². The molecular weight excluding hydrogens is 113 g/mol. The van der Waals surface area contributed by atoms with Crippen molar-refractivity contribution in [1.29, 1.82) is 5.26 Å². The lowest BCUT2D eigenvalue weighted by Crippen LogP contribution is -2.05. The van der Waals surface area contributed by atoms with Gasteiger partial charge in [0.25, 0.3) is 0 Å². The van der Waals surface area contributed by atoms with E-state index in [1.807, 2.05) is 0 Å². The number of nitriles is 1. The summed E-state index contributed by atoms with van der Waals surface area (Å²) in [5, 5.41) is 8.21. The summed E-state index contributed by atoms with van der Waals surface area (Å²) in [6.07, 6.45) is 2.79. The first-order chi connectivity index (χ1) is 4.33. The summed E-state index contributed by atoms with van der Waals surface area (Å²) in [6.45, 7) is 0. The standard InChI is InChI=1S/C5H2BN3/c6-4-2-8-5(1-7)9-3-4/h2-3H. The van der Waals surface area contributed by atoms with Crippen LogP contribution in [0.25, 0.3) is 0 Å². The van der Waals surface area contributed by atoms with Crippen LogP contribution in [0.2, 0.25) is 0 Å². The number of hydrogen-bond acceptors (Lipinski definition) is 3. The van der Waals surface area contributed by atoms with Gasteiger partial charge in [-0.1, -0.05) is 5.46 Å². The zero-order valence-corrected chi connectivity index (χ0v) is 4.57. The molecule has 0 aliphatic rings. The Morgan fingerprint density at radius 3 is 2.44 bits per heavy atom. The second kappa shape index (κ2) is 2.27. The van der Waals surface area contributed by atoms with Gasteiger partial charge in [-0.3, -0.25) is 0 Å². The Balaban J connectivity index is 3.06. The van der Waals surface area contributed by atoms with E-state index in [2.05, 4.69) is 9.97 Å². The van der Waals surface area contributed by atoms with Gasteiger partial charge in [0.1, 0.15) is 13.9 Å². The summed E-state index contributed by atoms with van der Waals surface area (Å²) < 4.78 is 0. The first-order valence-corrected chi connectivity index (χ1v) is 2.30. The Morgan fingerprint density at radius 1 is 1.44 bits per heavy atom. The highest BCUT2D eigenvalue weighted by Crippen LogP contribution is 1.77. The second-order valence-corrected chi connectivity index (χ2v) is 1.45. The van der Waals surface area contributed by atoms with Crippen molar-refractivity contribution in [2.45, 2.75) is 0 Å². The van der Waals surface area contributed by atoms with Gasteiger partial charge in [-0.25, -0.2) is 9.97 Å². The van der Waals surface area contributed by atoms with Crippen LogP contribution < -0.4 is 5.46 Å². The molecule has 0 aliphatic heterocycles. The van der Waals surface area contributed by atoms with Gasteiger partial charge < -0.3 is 0 Å². The minimum Gasteiger partial charge on any atom is -0.228 e. The first kappa shape index (κ1) is 5.77. The molecule has 3 nitrogen and oxygen atoms in total. The van der Waals surface area contributed by atoms with Crippen LogP contribution in [0.15, 0.2) is 12.4 Å². The largest absolute Gasteiger partial charge is 0.232 e. The number of nitrogens with zero attached hydrogens (tertiary/aromatic N) is 3. The molecule has 0 bridgehead atoms. The van der Waals surface area contributed by atoms with E-state index in [1.165, 1.54) is 12.4 Å². The topological polar surface area (TPSA) is 49.6 Å². The molecule has 0 spiro atoms. The Bertz CT molecular complexity index is 235. The van der Waals surface area contributed by atoms with Gasteiger partial charge in [-0.2, -0.15) is 5.26 Å². The van der Waals surface area contributed by atoms with E-state index >= 15 is 0 Å². The molecule has 0 saturated heterocycles. The minimum atomic E-state index is 0.143. The fraction of sp³-hybridized carbons (Fsp3) is 0. The average molecular weight is 115 g/mol. The average Bonchev–Trinajstić information content (AvgIpc) is 1.90. The molecule has 40 valence electrons. The summed E-state index contributed by atoms with van der Waals surface area (Å²) in [6, 6.07) is 1.78. The molecule has 0 aromatic carbocycles. The summed E-state index contributed by atoms with van der Waals surface area (Å²) in [4.78, 5) is 7.20. The zero-order chi connectivity index (χ0) is 6.69. The first-order valence-electron chi connectivity index (χ1n) is 2.30. The van der Waals surface area contributed by atoms with Crippen LogP contribution in [0.1, 0.15) is 5.82 Å². The SMILES string of the molecule is [B]c1cnc(C#N)nc1. The Morgan fingerprint density at radius 2 is 2.00 bits per heavy atom. The van der Waals surface area contributed by atoms with Gasteiger partial charge in [-0.15, -0.1) is 0 Å². The van der Waals surface area contributed by atoms with Crippen molar-refractivity contribution < 1.29 is 0 Å². The van der Waals surface area contributed by atoms with E-state index in [0.717, 1.165) is 0 Å². The van der Waals surface area contributed by atoms with E-state index < -0.39 is 0 Å². The molecule has 1 aromatic heterocycles. The molecule has 1 aromatic rings. The lowest BCUT2D eigenvalue weighted by molar-refractivity contribution is 1.13. The zero-order valence-electron chi connectivity index (χ0n) is 4.57. The van der Waals surface area contributed by atoms with Crippen molar-refractivity contribution in [3.8, 4) is 6.07 Å². The van der Waals surface area contributed by atoms with E-state index in [9.17, 15) is 0 Å². The molecule has 4 heteroatoms. The third-order valence-electron chi connectivity index (χ3n) is 0.772. The predicted molar refractivity (Wildman–Crippen MR) is 32.1 cm³/mol. The normalized spacial score (nSPS) is 8.33. The molecule has 0 aliphatic carbocycles. The van der Waals surface area contributed by atoms with E-state index in [0.29, 0.717) is 5.46 Å². The minimum absolute atomic E-state index is 0.143. The van der Waals surface area contributed by atoms with Gasteiger partial charge in [-0.05, 0) is 0 Å². The fourth-order valence-electron chi connectivity index (χ4n) is 0.396. The lowest BCUT2D eigenvalue weighted by Gasteiger charge is -1.86. The molecule has 2 radical (unpaired) electrons. The maximum Gasteiger partial charge on any atom is 0.232 e. The molecule has 0 fully saturated rings. The van der Waals surface area contributed by atoms with Crippen LogP contribution in [0.5, 0.6) is 0 Å². The number of rotatable bonds is 0. The van der Waals surface area contributed by atoms with Crippen molar-refractivity contribution in [3.05, 3.63) is 18.2 Å². The van der Waals surface area contributed by atoms with Gasteiger partial charge in [0, 0.05) is 12.4 Å². The maximum absolute atomic E-state index is 8.21. The van der Waals surface area contributed by atoms with E-state index in [-0.39, 0.29) is 5.82 Å². The van der Waals surface area contributed by atoms with Gasteiger partial charge in [0.05, 0.1) is 0 Å². The molecule has 0 unspecified atom stereocenters. The summed E-state index contributed by atoms with van der Waals surface area (Å²) in [7, 11) is 5.25. The second-order valence-electron chi connectivity index (χ2n) is 1.45. The van der Waals surface area contributed by atoms with Crippen LogP contribution in [-0.2, 0) is 0 Å². The molecule has 9 heavy (non-hydrogen) atoms. The quantitative estimate of drug-likeness (QED) is 0.413. The van der Waals surface area contributed by atoms with E-state index in [1.54, 1.807) is 6.07 Å². The molecule has 0 N–H and O–H groups in total. The third kappa shape index (κ3) is 1.26. The van der Waals surface area contributed by atoms with Crippen LogP contribution in [0.4, 0.5) is 0 Å². The maximum atomic E-state index is 8.21. The number of hydrogen-bond donors (Lipinski definition) is 0. The summed E-state index contributed by atoms with van der Waals surface area (Å²) >= 11 is 0. The van der Waals surface area contributed by atoms with Crippen LogP contribution in [0, 0.1) is 11.3 Å². The molecular formula is C5H2BN3. The molecule has 1 heterocycles. The summed E-state index contributed by atoms with van der Waals surface area (Å²) in [5.74, 6) is 0.143. The van der Waals surface area contributed by atoms with Crippen molar-refractivity contribution >= 4 is 13.3 Å². The third-order valence-corrected chi connectivity index (χ3v) is 0.772. The van der Waals surface area contributed by atoms with Crippen molar-refractivity contribution in [3.63, 3.8) is 0 Å². The Labute approximate surface area is 53.8 Å². The predicted octanol–water partition coefficient (Wildman–Crippen LogP) is -0.858. The smallest absolute Gasteiger partial charge is 0.228 e. The van der Waals surface area contributed by atoms with Gasteiger partial charge in [0.15, 0.2) is 0 Å². The number of aromatic nitrogens is 2. The molecule has 0 atom stereocenters. The Kier molecular flexibility index (Phi) is 1.45. The van der Waals surface area contributed by atoms with Crippen molar-refractivity contribution in [1.82, 2.24) is 9.97 Å².